The SMILES string of the molecule is OC(CN1CC=C(c2cncc(F)c2)CC1)Cn1cccn1. The van der Waals surface area contributed by atoms with E-state index < -0.39 is 6.10 Å². The molecule has 0 aromatic carbocycles. The predicted molar refractivity (Wildman–Crippen MR) is 81.5 cm³/mol. The van der Waals surface area contributed by atoms with Gasteiger partial charge in [0.05, 0.1) is 18.8 Å². The maximum Gasteiger partial charge on any atom is 0.142 e. The molecule has 1 atom stereocenters. The van der Waals surface area contributed by atoms with Gasteiger partial charge in [-0.2, -0.15) is 5.10 Å². The van der Waals surface area contributed by atoms with Crippen molar-refractivity contribution in [1.29, 1.82) is 0 Å². The summed E-state index contributed by atoms with van der Waals surface area (Å²) >= 11 is 0. The largest absolute Gasteiger partial charge is 0.390 e. The summed E-state index contributed by atoms with van der Waals surface area (Å²) in [5, 5.41) is 14.2. The van der Waals surface area contributed by atoms with Crippen LogP contribution in [0.15, 0.2) is 43.0 Å². The minimum atomic E-state index is -0.453. The Morgan fingerprint density at radius 2 is 2.23 bits per heavy atom. The van der Waals surface area contributed by atoms with Crippen molar-refractivity contribution in [2.24, 2.45) is 0 Å². The Labute approximate surface area is 128 Å². The number of hydrogen-bond donors (Lipinski definition) is 1. The van der Waals surface area contributed by atoms with E-state index in [2.05, 4.69) is 21.1 Å². The van der Waals surface area contributed by atoms with Crippen LogP contribution in [-0.2, 0) is 6.54 Å². The molecular weight excluding hydrogens is 283 g/mol. The number of nitrogens with zero attached hydrogens (tertiary/aromatic N) is 4. The highest BCUT2D eigenvalue weighted by Crippen LogP contribution is 2.22. The van der Waals surface area contributed by atoms with Gasteiger partial charge < -0.3 is 5.11 Å². The van der Waals surface area contributed by atoms with Gasteiger partial charge in [-0.15, -0.1) is 0 Å². The molecule has 116 valence electrons. The Hall–Kier alpha value is -2.05. The van der Waals surface area contributed by atoms with Crippen LogP contribution in [0.5, 0.6) is 0 Å². The predicted octanol–water partition coefficient (Wildman–Crippen LogP) is 1.57. The van der Waals surface area contributed by atoms with Gasteiger partial charge in [0.2, 0.25) is 0 Å². The van der Waals surface area contributed by atoms with Crippen molar-refractivity contribution in [3.8, 4) is 0 Å². The van der Waals surface area contributed by atoms with Crippen molar-refractivity contribution < 1.29 is 9.50 Å². The Morgan fingerprint density at radius 3 is 2.91 bits per heavy atom. The summed E-state index contributed by atoms with van der Waals surface area (Å²) in [6.07, 6.45) is 8.91. The van der Waals surface area contributed by atoms with Gasteiger partial charge in [-0.05, 0) is 29.7 Å². The molecule has 0 saturated heterocycles. The number of aliphatic hydroxyl groups is 1. The average Bonchev–Trinajstić information content (AvgIpc) is 3.01. The van der Waals surface area contributed by atoms with E-state index in [-0.39, 0.29) is 5.82 Å². The van der Waals surface area contributed by atoms with E-state index in [0.29, 0.717) is 13.1 Å². The fourth-order valence-electron chi connectivity index (χ4n) is 2.71. The molecule has 1 aliphatic heterocycles. The van der Waals surface area contributed by atoms with E-state index >= 15 is 0 Å². The molecular formula is C16H19FN4O. The molecule has 0 bridgehead atoms. The van der Waals surface area contributed by atoms with Crippen LogP contribution in [0.3, 0.4) is 0 Å². The third-order valence-corrected chi connectivity index (χ3v) is 3.79. The third-order valence-electron chi connectivity index (χ3n) is 3.79. The zero-order valence-corrected chi connectivity index (χ0v) is 12.3. The highest BCUT2D eigenvalue weighted by atomic mass is 19.1. The topological polar surface area (TPSA) is 54.2 Å². The summed E-state index contributed by atoms with van der Waals surface area (Å²) in [4.78, 5) is 6.07. The Balaban J connectivity index is 1.54. The van der Waals surface area contributed by atoms with Crippen molar-refractivity contribution in [1.82, 2.24) is 19.7 Å². The number of hydrogen-bond acceptors (Lipinski definition) is 4. The monoisotopic (exact) mass is 302 g/mol. The normalized spacial score (nSPS) is 17.3. The van der Waals surface area contributed by atoms with E-state index in [1.54, 1.807) is 17.1 Å². The number of aliphatic hydroxyl groups excluding tert-OH is 1. The van der Waals surface area contributed by atoms with Crippen LogP contribution in [0, 0.1) is 5.82 Å². The lowest BCUT2D eigenvalue weighted by molar-refractivity contribution is 0.0997. The molecule has 0 fully saturated rings. The number of β-amino-alcohol motifs (C(OH)–C–C–N with tert-alkyl or cyclic N) is 1. The summed E-state index contributed by atoms with van der Waals surface area (Å²) in [6, 6.07) is 3.36. The van der Waals surface area contributed by atoms with Crippen molar-refractivity contribution in [2.75, 3.05) is 19.6 Å². The lowest BCUT2D eigenvalue weighted by atomic mass is 10.0. The molecule has 5 nitrogen and oxygen atoms in total. The summed E-state index contributed by atoms with van der Waals surface area (Å²) < 4.78 is 14.9. The second kappa shape index (κ2) is 6.81. The third kappa shape index (κ3) is 3.78. The molecule has 1 unspecified atom stereocenters. The van der Waals surface area contributed by atoms with Crippen LogP contribution < -0.4 is 0 Å². The zero-order chi connectivity index (χ0) is 15.4. The van der Waals surface area contributed by atoms with E-state index in [1.807, 2.05) is 12.3 Å². The van der Waals surface area contributed by atoms with Gasteiger partial charge in [0.25, 0.3) is 0 Å². The zero-order valence-electron chi connectivity index (χ0n) is 12.3. The van der Waals surface area contributed by atoms with Gasteiger partial charge in [-0.1, -0.05) is 6.08 Å². The van der Waals surface area contributed by atoms with Crippen molar-refractivity contribution in [3.05, 3.63) is 54.4 Å². The van der Waals surface area contributed by atoms with Gasteiger partial charge in [0.15, 0.2) is 0 Å². The van der Waals surface area contributed by atoms with Crippen molar-refractivity contribution in [2.45, 2.75) is 19.1 Å². The average molecular weight is 302 g/mol. The van der Waals surface area contributed by atoms with E-state index in [1.165, 1.54) is 12.3 Å². The molecule has 1 aliphatic rings. The quantitative estimate of drug-likeness (QED) is 0.911. The van der Waals surface area contributed by atoms with Crippen LogP contribution in [0.1, 0.15) is 12.0 Å². The van der Waals surface area contributed by atoms with Crippen LogP contribution in [0.2, 0.25) is 0 Å². The van der Waals surface area contributed by atoms with E-state index in [4.69, 9.17) is 0 Å². The van der Waals surface area contributed by atoms with Gasteiger partial charge in [0.1, 0.15) is 5.82 Å². The highest BCUT2D eigenvalue weighted by molar-refractivity contribution is 5.65. The molecule has 0 spiro atoms. The number of pyridine rings is 1. The second-order valence-electron chi connectivity index (χ2n) is 5.51. The smallest absolute Gasteiger partial charge is 0.142 e. The molecule has 22 heavy (non-hydrogen) atoms. The fourth-order valence-corrected chi connectivity index (χ4v) is 2.71. The molecule has 0 saturated carbocycles. The van der Waals surface area contributed by atoms with Gasteiger partial charge in [0, 0.05) is 38.2 Å². The van der Waals surface area contributed by atoms with Crippen molar-refractivity contribution >= 4 is 5.57 Å². The first-order chi connectivity index (χ1) is 10.7. The highest BCUT2D eigenvalue weighted by Gasteiger charge is 2.17. The first-order valence-corrected chi connectivity index (χ1v) is 7.38. The number of aromatic nitrogens is 3. The molecule has 0 amide bonds. The van der Waals surface area contributed by atoms with Gasteiger partial charge >= 0.3 is 0 Å². The lowest BCUT2D eigenvalue weighted by Crippen LogP contribution is -2.37. The van der Waals surface area contributed by atoms with E-state index in [0.717, 1.165) is 30.6 Å². The molecule has 0 radical (unpaired) electrons. The maximum absolute atomic E-state index is 13.2. The molecule has 3 rings (SSSR count). The van der Waals surface area contributed by atoms with Crippen LogP contribution in [-0.4, -0.2) is 50.5 Å². The van der Waals surface area contributed by atoms with Crippen molar-refractivity contribution in [3.63, 3.8) is 0 Å². The Bertz CT molecular complexity index is 641. The first kappa shape index (κ1) is 14.9. The lowest BCUT2D eigenvalue weighted by Gasteiger charge is -2.28. The molecule has 1 N–H and O–H groups in total. The van der Waals surface area contributed by atoms with Crippen LogP contribution in [0.4, 0.5) is 4.39 Å². The summed E-state index contributed by atoms with van der Waals surface area (Å²) in [6.45, 7) is 2.69. The summed E-state index contributed by atoms with van der Waals surface area (Å²) in [5.41, 5.74) is 1.96. The standard InChI is InChI=1S/C16H19FN4O/c17-15-8-14(9-18-10-15)13-2-6-20(7-3-13)11-16(22)12-21-5-1-4-19-21/h1-2,4-5,8-10,16,22H,3,6-7,11-12H2. The maximum atomic E-state index is 13.2. The van der Waals surface area contributed by atoms with Crippen LogP contribution in [0.25, 0.3) is 5.57 Å². The molecule has 3 heterocycles. The Kier molecular flexibility index (Phi) is 4.60. The second-order valence-corrected chi connectivity index (χ2v) is 5.51. The minimum Gasteiger partial charge on any atom is -0.390 e. The summed E-state index contributed by atoms with van der Waals surface area (Å²) in [7, 11) is 0. The number of rotatable bonds is 5. The molecule has 0 aliphatic carbocycles. The molecule has 2 aromatic rings. The summed E-state index contributed by atoms with van der Waals surface area (Å²) in [5.74, 6) is -0.310. The van der Waals surface area contributed by atoms with Gasteiger partial charge in [-0.3, -0.25) is 14.6 Å². The number of halogens is 1. The molecule has 2 aromatic heterocycles. The minimum absolute atomic E-state index is 0.310. The fraction of sp³-hybridized carbons (Fsp3) is 0.375. The van der Waals surface area contributed by atoms with Crippen LogP contribution >= 0.6 is 0 Å². The molecule has 6 heteroatoms. The van der Waals surface area contributed by atoms with E-state index in [9.17, 15) is 9.50 Å². The van der Waals surface area contributed by atoms with Gasteiger partial charge in [-0.25, -0.2) is 4.39 Å². The first-order valence-electron chi connectivity index (χ1n) is 7.38. The Morgan fingerprint density at radius 1 is 1.32 bits per heavy atom.